The van der Waals surface area contributed by atoms with Crippen molar-refractivity contribution in [2.75, 3.05) is 0 Å². The van der Waals surface area contributed by atoms with Crippen molar-refractivity contribution in [2.24, 2.45) is 0 Å². The second-order valence-electron chi connectivity index (χ2n) is 5.55. The lowest BCUT2D eigenvalue weighted by Gasteiger charge is -2.06. The Hall–Kier alpha value is -1.78. The van der Waals surface area contributed by atoms with Gasteiger partial charge >= 0.3 is 0 Å². The number of fused-ring (bicyclic) bond motifs is 1. The van der Waals surface area contributed by atoms with Crippen molar-refractivity contribution in [1.82, 2.24) is 4.98 Å². The van der Waals surface area contributed by atoms with E-state index in [-0.39, 0.29) is 15.7 Å². The summed E-state index contributed by atoms with van der Waals surface area (Å²) in [5, 5.41) is 10.9. The van der Waals surface area contributed by atoms with E-state index in [1.165, 1.54) is 12.1 Å². The highest BCUT2D eigenvalue weighted by atomic mass is 79.9. The molecule has 0 unspecified atom stereocenters. The number of nitrogens with zero attached hydrogens (tertiary/aromatic N) is 1. The van der Waals surface area contributed by atoms with E-state index in [2.05, 4.69) is 20.9 Å². The van der Waals surface area contributed by atoms with Gasteiger partial charge in [-0.1, -0.05) is 45.2 Å². The number of nitrogens with one attached hydrogen (secondary N) is 1. The Labute approximate surface area is 169 Å². The van der Waals surface area contributed by atoms with Crippen molar-refractivity contribution >= 4 is 65.9 Å². The molecule has 3 rings (SSSR count). The molecule has 8 heteroatoms. The number of sulfone groups is 1. The highest BCUT2D eigenvalue weighted by Crippen LogP contribution is 2.28. The van der Waals surface area contributed by atoms with Gasteiger partial charge in [0.25, 0.3) is 0 Å². The van der Waals surface area contributed by atoms with Crippen molar-refractivity contribution in [3.05, 3.63) is 73.1 Å². The zero-order valence-electron chi connectivity index (χ0n) is 13.1. The number of hydrogen-bond acceptors (Lipinski definition) is 3. The molecule has 1 heterocycles. The molecule has 1 N–H and O–H groups in total. The number of aromatic nitrogens is 1. The highest BCUT2D eigenvalue weighted by molar-refractivity contribution is 9.10. The number of nitriles is 1. The normalized spacial score (nSPS) is 12.3. The first kappa shape index (κ1) is 19.0. The Balaban J connectivity index is 2.02. The van der Waals surface area contributed by atoms with Crippen molar-refractivity contribution in [3.63, 3.8) is 0 Å². The molecular formula is C18H11BrCl2N2O2S. The minimum atomic E-state index is -3.87. The molecule has 1 aromatic heterocycles. The molecule has 26 heavy (non-hydrogen) atoms. The molecule has 0 radical (unpaired) electrons. The van der Waals surface area contributed by atoms with Gasteiger partial charge in [0, 0.05) is 37.2 Å². The van der Waals surface area contributed by atoms with Crippen LogP contribution in [0.3, 0.4) is 0 Å². The maximum Gasteiger partial charge on any atom is 0.192 e. The molecule has 0 fully saturated rings. The molecule has 0 aliphatic heterocycles. The third-order valence-corrected chi connectivity index (χ3v) is 6.42. The predicted octanol–water partition coefficient (Wildman–Crippen LogP) is 5.72. The van der Waals surface area contributed by atoms with Crippen LogP contribution in [0.1, 0.15) is 11.1 Å². The van der Waals surface area contributed by atoms with E-state index in [1.54, 1.807) is 24.4 Å². The average molecular weight is 470 g/mol. The number of benzene rings is 2. The van der Waals surface area contributed by atoms with Crippen molar-refractivity contribution < 1.29 is 8.42 Å². The Bertz CT molecular complexity index is 1180. The van der Waals surface area contributed by atoms with Crippen LogP contribution in [-0.2, 0) is 15.6 Å². The lowest BCUT2D eigenvalue weighted by atomic mass is 10.1. The number of H-pyrrole nitrogens is 1. The molecule has 0 aliphatic carbocycles. The van der Waals surface area contributed by atoms with Gasteiger partial charge in [-0.3, -0.25) is 0 Å². The predicted molar refractivity (Wildman–Crippen MR) is 109 cm³/mol. The van der Waals surface area contributed by atoms with Gasteiger partial charge in [-0.05, 0) is 42.0 Å². The summed E-state index contributed by atoms with van der Waals surface area (Å²) in [7, 11) is -3.87. The van der Waals surface area contributed by atoms with Gasteiger partial charge in [-0.15, -0.1) is 0 Å². The summed E-state index contributed by atoms with van der Waals surface area (Å²) in [4.78, 5) is 2.73. The third-order valence-electron chi connectivity index (χ3n) is 3.77. The van der Waals surface area contributed by atoms with Gasteiger partial charge in [0.15, 0.2) is 9.84 Å². The lowest BCUT2D eigenvalue weighted by molar-refractivity contribution is 0.602. The van der Waals surface area contributed by atoms with Crippen LogP contribution in [0, 0.1) is 11.3 Å². The fraction of sp³-hybridized carbons (Fsp3) is 0.0556. The van der Waals surface area contributed by atoms with Crippen LogP contribution in [0.2, 0.25) is 10.0 Å². The van der Waals surface area contributed by atoms with Gasteiger partial charge in [0.2, 0.25) is 0 Å². The molecule has 0 atom stereocenters. The van der Waals surface area contributed by atoms with Gasteiger partial charge < -0.3 is 4.98 Å². The Kier molecular flexibility index (Phi) is 5.44. The first-order valence-corrected chi connectivity index (χ1v) is 10.6. The first-order chi connectivity index (χ1) is 12.3. The zero-order chi connectivity index (χ0) is 18.9. The topological polar surface area (TPSA) is 73.7 Å². The van der Waals surface area contributed by atoms with E-state index in [0.29, 0.717) is 16.1 Å². The minimum absolute atomic E-state index is 0.245. The zero-order valence-corrected chi connectivity index (χ0v) is 17.0. The van der Waals surface area contributed by atoms with Crippen LogP contribution in [0.4, 0.5) is 0 Å². The molecule has 4 nitrogen and oxygen atoms in total. The molecule has 0 amide bonds. The van der Waals surface area contributed by atoms with E-state index in [4.69, 9.17) is 23.2 Å². The monoisotopic (exact) mass is 468 g/mol. The summed E-state index contributed by atoms with van der Waals surface area (Å²) >= 11 is 15.3. The maximum atomic E-state index is 12.7. The van der Waals surface area contributed by atoms with Gasteiger partial charge in [-0.2, -0.15) is 5.26 Å². The summed E-state index contributed by atoms with van der Waals surface area (Å²) < 4.78 is 26.2. The molecule has 0 saturated carbocycles. The molecule has 0 spiro atoms. The molecule has 132 valence electrons. The minimum Gasteiger partial charge on any atom is -0.361 e. The lowest BCUT2D eigenvalue weighted by Crippen LogP contribution is -2.07. The Morgan fingerprint density at radius 3 is 2.69 bits per heavy atom. The largest absolute Gasteiger partial charge is 0.361 e. The quantitative estimate of drug-likeness (QED) is 0.496. The van der Waals surface area contributed by atoms with Crippen molar-refractivity contribution in [3.8, 4) is 6.07 Å². The van der Waals surface area contributed by atoms with Gasteiger partial charge in [-0.25, -0.2) is 8.42 Å². The summed E-state index contributed by atoms with van der Waals surface area (Å²) in [5.41, 5.74) is 1.84. The van der Waals surface area contributed by atoms with Crippen LogP contribution in [0.5, 0.6) is 0 Å². The average Bonchev–Trinajstić information content (AvgIpc) is 2.97. The number of allylic oxidation sites excluding steroid dienone is 1. The van der Waals surface area contributed by atoms with E-state index in [1.807, 2.05) is 18.2 Å². The fourth-order valence-corrected chi connectivity index (χ4v) is 4.67. The smallest absolute Gasteiger partial charge is 0.192 e. The molecule has 0 bridgehead atoms. The maximum absolute atomic E-state index is 12.7. The Morgan fingerprint density at radius 2 is 2.00 bits per heavy atom. The first-order valence-electron chi connectivity index (χ1n) is 7.35. The van der Waals surface area contributed by atoms with E-state index >= 15 is 0 Å². The fourth-order valence-electron chi connectivity index (χ4n) is 2.49. The van der Waals surface area contributed by atoms with E-state index in [0.717, 1.165) is 15.4 Å². The summed E-state index contributed by atoms with van der Waals surface area (Å²) in [6.07, 6.45) is 3.03. The van der Waals surface area contributed by atoms with Crippen LogP contribution >= 0.6 is 39.1 Å². The van der Waals surface area contributed by atoms with E-state index < -0.39 is 9.84 Å². The molecule has 0 saturated heterocycles. The Morgan fingerprint density at radius 1 is 1.23 bits per heavy atom. The number of rotatable bonds is 4. The van der Waals surface area contributed by atoms with E-state index in [9.17, 15) is 13.7 Å². The van der Waals surface area contributed by atoms with Crippen LogP contribution < -0.4 is 0 Å². The highest BCUT2D eigenvalue weighted by Gasteiger charge is 2.21. The summed E-state index contributed by atoms with van der Waals surface area (Å²) in [6, 6.07) is 12.0. The van der Waals surface area contributed by atoms with Crippen molar-refractivity contribution in [2.45, 2.75) is 5.75 Å². The van der Waals surface area contributed by atoms with Gasteiger partial charge in [0.1, 0.15) is 11.0 Å². The summed E-state index contributed by atoms with van der Waals surface area (Å²) in [5.74, 6) is -0.381. The second-order valence-corrected chi connectivity index (χ2v) is 9.27. The van der Waals surface area contributed by atoms with Crippen LogP contribution in [0.25, 0.3) is 17.0 Å². The SMILES string of the molecule is N#C/C(=C\c1c[nH]c2ccc(Br)cc12)S(=O)(=O)Cc1ccc(Cl)cc1Cl. The molecular weight excluding hydrogens is 459 g/mol. The molecule has 0 aliphatic rings. The van der Waals surface area contributed by atoms with Gasteiger partial charge in [0.05, 0.1) is 5.75 Å². The third kappa shape index (κ3) is 3.97. The van der Waals surface area contributed by atoms with Crippen LogP contribution in [-0.4, -0.2) is 13.4 Å². The number of hydrogen-bond donors (Lipinski definition) is 1. The second kappa shape index (κ2) is 7.45. The standard InChI is InChI=1S/C18H11BrCl2N2O2S/c19-13-2-4-18-16(6-13)12(9-23-18)5-15(8-22)26(24,25)10-11-1-3-14(20)7-17(11)21/h1-7,9,23H,10H2/b15-5+. The molecule has 2 aromatic carbocycles. The van der Waals surface area contributed by atoms with Crippen molar-refractivity contribution in [1.29, 1.82) is 5.26 Å². The van der Waals surface area contributed by atoms with Crippen LogP contribution in [0.15, 0.2) is 52.0 Å². The number of halogens is 3. The molecule has 3 aromatic rings. The number of aromatic amines is 1. The summed E-state index contributed by atoms with van der Waals surface area (Å²) in [6.45, 7) is 0.